The number of amides is 2. The van der Waals surface area contributed by atoms with Crippen molar-refractivity contribution in [2.75, 3.05) is 45.2 Å². The first-order valence-electron chi connectivity index (χ1n) is 10.2. The molecule has 0 spiro atoms. The van der Waals surface area contributed by atoms with E-state index in [0.717, 1.165) is 29.5 Å². The second kappa shape index (κ2) is 10.1. The van der Waals surface area contributed by atoms with Crippen LogP contribution in [0.1, 0.15) is 16.8 Å². The highest BCUT2D eigenvalue weighted by Crippen LogP contribution is 2.23. The number of benzene rings is 2. The molecule has 0 aromatic heterocycles. The van der Waals surface area contributed by atoms with E-state index < -0.39 is 15.9 Å². The van der Waals surface area contributed by atoms with Gasteiger partial charge < -0.3 is 15.5 Å². The zero-order valence-electron chi connectivity index (χ0n) is 18.0. The van der Waals surface area contributed by atoms with Crippen molar-refractivity contribution in [3.05, 3.63) is 59.9 Å². The van der Waals surface area contributed by atoms with Crippen molar-refractivity contribution in [2.45, 2.75) is 11.3 Å². The van der Waals surface area contributed by atoms with Crippen LogP contribution in [0.15, 0.2) is 53.4 Å². The summed E-state index contributed by atoms with van der Waals surface area (Å²) in [5.41, 5.74) is 1.11. The fraction of sp³-hybridized carbons (Fsp3) is 0.364. The minimum absolute atomic E-state index is 0.00606. The van der Waals surface area contributed by atoms with Gasteiger partial charge in [0.2, 0.25) is 15.9 Å². The molecule has 0 radical (unpaired) electrons. The molecule has 1 aliphatic heterocycles. The summed E-state index contributed by atoms with van der Waals surface area (Å²) in [6.07, 6.45) is 0.900. The maximum Gasteiger partial charge on any atom is 0.251 e. The zero-order chi connectivity index (χ0) is 23.3. The Morgan fingerprint density at radius 2 is 1.84 bits per heavy atom. The number of halogens is 1. The van der Waals surface area contributed by atoms with Gasteiger partial charge in [0.1, 0.15) is 5.82 Å². The van der Waals surface area contributed by atoms with Crippen LogP contribution < -0.4 is 15.5 Å². The summed E-state index contributed by atoms with van der Waals surface area (Å²) in [7, 11) is -0.833. The van der Waals surface area contributed by atoms with Gasteiger partial charge in [0.15, 0.2) is 0 Å². The highest BCUT2D eigenvalue weighted by Gasteiger charge is 2.23. The first kappa shape index (κ1) is 23.7. The Morgan fingerprint density at radius 3 is 2.53 bits per heavy atom. The van der Waals surface area contributed by atoms with Crippen molar-refractivity contribution in [3.8, 4) is 0 Å². The highest BCUT2D eigenvalue weighted by atomic mass is 32.2. The van der Waals surface area contributed by atoms with Gasteiger partial charge in [0, 0.05) is 45.0 Å². The second-order valence-corrected chi connectivity index (χ2v) is 10.0. The van der Waals surface area contributed by atoms with Crippen molar-refractivity contribution in [2.24, 2.45) is 5.92 Å². The molecule has 8 nitrogen and oxygen atoms in total. The van der Waals surface area contributed by atoms with Crippen LogP contribution in [0, 0.1) is 11.7 Å². The standard InChI is InChI=1S/C22H27FN4O4S/c1-26(2)32(30,31)20-5-3-4-17(12-20)22(29)25-14-21(28)24-13-16-10-11-27(15-16)19-8-6-18(23)7-9-19/h3-9,12,16H,10-11,13-15H2,1-2H3,(H,24,28)(H,25,29). The molecular weight excluding hydrogens is 435 g/mol. The Morgan fingerprint density at radius 1 is 1.12 bits per heavy atom. The number of anilines is 1. The van der Waals surface area contributed by atoms with Gasteiger partial charge in [-0.05, 0) is 54.8 Å². The van der Waals surface area contributed by atoms with Gasteiger partial charge in [0.05, 0.1) is 11.4 Å². The van der Waals surface area contributed by atoms with Gasteiger partial charge in [-0.15, -0.1) is 0 Å². The van der Waals surface area contributed by atoms with Crippen LogP contribution in [0.5, 0.6) is 0 Å². The molecule has 2 amide bonds. The minimum atomic E-state index is -3.66. The Kier molecular flexibility index (Phi) is 7.47. The quantitative estimate of drug-likeness (QED) is 0.619. The molecule has 1 unspecified atom stereocenters. The summed E-state index contributed by atoms with van der Waals surface area (Å²) in [6.45, 7) is 1.85. The molecule has 0 aliphatic carbocycles. The Hall–Kier alpha value is -2.98. The van der Waals surface area contributed by atoms with Crippen LogP contribution in [0.2, 0.25) is 0 Å². The van der Waals surface area contributed by atoms with Gasteiger partial charge in [0.25, 0.3) is 5.91 Å². The van der Waals surface area contributed by atoms with E-state index in [0.29, 0.717) is 6.54 Å². The van der Waals surface area contributed by atoms with E-state index >= 15 is 0 Å². The third kappa shape index (κ3) is 5.83. The number of carbonyl (C=O) groups is 2. The van der Waals surface area contributed by atoms with E-state index in [9.17, 15) is 22.4 Å². The lowest BCUT2D eigenvalue weighted by atomic mass is 10.1. The lowest BCUT2D eigenvalue weighted by Crippen LogP contribution is -2.39. The largest absolute Gasteiger partial charge is 0.371 e. The van der Waals surface area contributed by atoms with Crippen LogP contribution >= 0.6 is 0 Å². The fourth-order valence-electron chi connectivity index (χ4n) is 3.48. The molecule has 2 aromatic carbocycles. The van der Waals surface area contributed by atoms with Crippen LogP contribution in [0.4, 0.5) is 10.1 Å². The Balaban J connectivity index is 1.45. The number of rotatable bonds is 8. The van der Waals surface area contributed by atoms with Gasteiger partial charge in [-0.2, -0.15) is 0 Å². The minimum Gasteiger partial charge on any atom is -0.371 e. The topological polar surface area (TPSA) is 98.8 Å². The van der Waals surface area contributed by atoms with Gasteiger partial charge in [-0.25, -0.2) is 17.1 Å². The summed E-state index contributed by atoms with van der Waals surface area (Å²) in [5.74, 6) is -0.868. The smallest absolute Gasteiger partial charge is 0.251 e. The van der Waals surface area contributed by atoms with E-state index in [1.165, 1.54) is 50.5 Å². The number of nitrogens with zero attached hydrogens (tertiary/aromatic N) is 2. The molecule has 1 fully saturated rings. The molecule has 3 rings (SSSR count). The highest BCUT2D eigenvalue weighted by molar-refractivity contribution is 7.89. The summed E-state index contributed by atoms with van der Waals surface area (Å²) in [4.78, 5) is 26.7. The summed E-state index contributed by atoms with van der Waals surface area (Å²) in [5, 5.41) is 5.34. The van der Waals surface area contributed by atoms with Gasteiger partial charge in [-0.3, -0.25) is 9.59 Å². The van der Waals surface area contributed by atoms with Crippen molar-refractivity contribution >= 4 is 27.5 Å². The van der Waals surface area contributed by atoms with Crippen LogP contribution in [-0.2, 0) is 14.8 Å². The third-order valence-electron chi connectivity index (χ3n) is 5.35. The normalized spacial score (nSPS) is 16.2. The molecule has 32 heavy (non-hydrogen) atoms. The first-order chi connectivity index (χ1) is 15.2. The molecule has 2 aromatic rings. The van der Waals surface area contributed by atoms with E-state index in [2.05, 4.69) is 15.5 Å². The second-order valence-electron chi connectivity index (χ2n) is 7.88. The molecule has 0 saturated carbocycles. The number of hydrogen-bond acceptors (Lipinski definition) is 5. The van der Waals surface area contributed by atoms with Crippen molar-refractivity contribution < 1.29 is 22.4 Å². The molecular formula is C22H27FN4O4S. The average Bonchev–Trinajstić information content (AvgIpc) is 3.25. The predicted octanol–water partition coefficient (Wildman–Crippen LogP) is 1.45. The number of carbonyl (C=O) groups excluding carboxylic acids is 2. The summed E-state index contributed by atoms with van der Waals surface area (Å²) < 4.78 is 38.6. The zero-order valence-corrected chi connectivity index (χ0v) is 18.9. The molecule has 1 saturated heterocycles. The molecule has 172 valence electrons. The summed E-state index contributed by atoms with van der Waals surface area (Å²) in [6, 6.07) is 12.0. The van der Waals surface area contributed by atoms with Crippen molar-refractivity contribution in [3.63, 3.8) is 0 Å². The monoisotopic (exact) mass is 462 g/mol. The summed E-state index contributed by atoms with van der Waals surface area (Å²) >= 11 is 0. The van der Waals surface area contributed by atoms with E-state index in [1.807, 2.05) is 0 Å². The van der Waals surface area contributed by atoms with Crippen LogP contribution in [0.3, 0.4) is 0 Å². The predicted molar refractivity (Wildman–Crippen MR) is 119 cm³/mol. The molecule has 0 bridgehead atoms. The van der Waals surface area contributed by atoms with E-state index in [4.69, 9.17) is 0 Å². The maximum absolute atomic E-state index is 13.1. The SMILES string of the molecule is CN(C)S(=O)(=O)c1cccc(C(=O)NCC(=O)NCC2CCN(c3ccc(F)cc3)C2)c1. The van der Waals surface area contributed by atoms with E-state index in [1.54, 1.807) is 12.1 Å². The van der Waals surface area contributed by atoms with Crippen molar-refractivity contribution in [1.29, 1.82) is 0 Å². The lowest BCUT2D eigenvalue weighted by Gasteiger charge is -2.19. The fourth-order valence-corrected chi connectivity index (χ4v) is 4.43. The Bertz CT molecular complexity index is 1070. The average molecular weight is 463 g/mol. The molecule has 1 heterocycles. The van der Waals surface area contributed by atoms with E-state index in [-0.39, 0.29) is 34.6 Å². The van der Waals surface area contributed by atoms with Crippen LogP contribution in [-0.4, -0.2) is 64.8 Å². The molecule has 10 heteroatoms. The molecule has 1 aliphatic rings. The number of hydrogen-bond donors (Lipinski definition) is 2. The number of sulfonamides is 1. The third-order valence-corrected chi connectivity index (χ3v) is 7.16. The van der Waals surface area contributed by atoms with Gasteiger partial charge in [-0.1, -0.05) is 6.07 Å². The molecule has 1 atom stereocenters. The Labute approximate surface area is 187 Å². The van der Waals surface area contributed by atoms with Crippen molar-refractivity contribution in [1.82, 2.24) is 14.9 Å². The number of nitrogens with one attached hydrogen (secondary N) is 2. The maximum atomic E-state index is 13.1. The van der Waals surface area contributed by atoms with Crippen LogP contribution in [0.25, 0.3) is 0 Å². The van der Waals surface area contributed by atoms with Gasteiger partial charge >= 0.3 is 0 Å². The first-order valence-corrected chi connectivity index (χ1v) is 11.7. The lowest BCUT2D eigenvalue weighted by molar-refractivity contribution is -0.120. The molecule has 2 N–H and O–H groups in total.